The molecule has 0 spiro atoms. The minimum absolute atomic E-state index is 0.000610. The standard InChI is InChI=1S/C15H12FN7O/c16-10-3-1-2-4-11(10)20-21-12-13(17)22-23(14(12)18)15(24)9-5-7-19-8-6-9/h1-8H,18H2,(H2,17,22). The largest absolute Gasteiger partial charge is 0.382 e. The molecule has 0 amide bonds. The van der Waals surface area contributed by atoms with Gasteiger partial charge in [0.05, 0.1) is 0 Å². The molecule has 3 rings (SSSR count). The lowest BCUT2D eigenvalue weighted by molar-refractivity contribution is 0.0948. The lowest BCUT2D eigenvalue weighted by Gasteiger charge is -2.01. The van der Waals surface area contributed by atoms with Gasteiger partial charge >= 0.3 is 0 Å². The van der Waals surface area contributed by atoms with E-state index in [9.17, 15) is 9.18 Å². The molecule has 0 saturated heterocycles. The van der Waals surface area contributed by atoms with Crippen molar-refractivity contribution < 1.29 is 9.18 Å². The predicted octanol–water partition coefficient (Wildman–Crippen LogP) is 2.69. The maximum atomic E-state index is 13.6. The summed E-state index contributed by atoms with van der Waals surface area (Å²) in [4.78, 5) is 16.2. The van der Waals surface area contributed by atoms with Gasteiger partial charge in [0, 0.05) is 18.0 Å². The molecule has 0 aliphatic heterocycles. The lowest BCUT2D eigenvalue weighted by Crippen LogP contribution is -2.16. The van der Waals surface area contributed by atoms with Crippen LogP contribution in [0.1, 0.15) is 10.4 Å². The van der Waals surface area contributed by atoms with Gasteiger partial charge in [-0.15, -0.1) is 15.3 Å². The minimum Gasteiger partial charge on any atom is -0.382 e. The van der Waals surface area contributed by atoms with Gasteiger partial charge in [-0.25, -0.2) is 4.39 Å². The number of hydrogen-bond donors (Lipinski definition) is 2. The summed E-state index contributed by atoms with van der Waals surface area (Å²) in [5, 5.41) is 11.5. The van der Waals surface area contributed by atoms with Crippen molar-refractivity contribution in [1.82, 2.24) is 14.8 Å². The molecule has 1 aromatic carbocycles. The molecule has 2 aromatic heterocycles. The van der Waals surface area contributed by atoms with Crippen LogP contribution in [0.4, 0.5) is 27.4 Å². The number of anilines is 2. The highest BCUT2D eigenvalue weighted by Gasteiger charge is 2.19. The first-order chi connectivity index (χ1) is 11.6. The quantitative estimate of drug-likeness (QED) is 0.716. The number of nitrogens with zero attached hydrogens (tertiary/aromatic N) is 5. The van der Waals surface area contributed by atoms with E-state index in [1.165, 1.54) is 42.7 Å². The predicted molar refractivity (Wildman–Crippen MR) is 85.6 cm³/mol. The first kappa shape index (κ1) is 15.3. The van der Waals surface area contributed by atoms with Crippen LogP contribution in [-0.4, -0.2) is 20.7 Å². The highest BCUT2D eigenvalue weighted by atomic mass is 19.1. The summed E-state index contributed by atoms with van der Waals surface area (Å²) in [6.07, 6.45) is 2.93. The SMILES string of the molecule is Nc1nn(C(=O)c2ccncc2)c(N)c1N=Nc1ccccc1F. The van der Waals surface area contributed by atoms with Gasteiger partial charge < -0.3 is 11.5 Å². The van der Waals surface area contributed by atoms with Crippen LogP contribution in [-0.2, 0) is 0 Å². The number of azo groups is 1. The van der Waals surface area contributed by atoms with Gasteiger partial charge in [-0.2, -0.15) is 4.68 Å². The average molecular weight is 325 g/mol. The summed E-state index contributed by atoms with van der Waals surface area (Å²) < 4.78 is 14.5. The topological polar surface area (TPSA) is 125 Å². The number of carbonyl (C=O) groups is 1. The normalized spacial score (nSPS) is 11.0. The Balaban J connectivity index is 1.96. The van der Waals surface area contributed by atoms with Crippen LogP contribution < -0.4 is 11.5 Å². The van der Waals surface area contributed by atoms with Crippen molar-refractivity contribution in [1.29, 1.82) is 0 Å². The maximum Gasteiger partial charge on any atom is 0.280 e. The molecule has 0 fully saturated rings. The van der Waals surface area contributed by atoms with Gasteiger partial charge in [0.2, 0.25) is 0 Å². The molecule has 8 nitrogen and oxygen atoms in total. The highest BCUT2D eigenvalue weighted by Crippen LogP contribution is 2.31. The Labute approximate surface area is 135 Å². The van der Waals surface area contributed by atoms with Crippen LogP contribution in [0.25, 0.3) is 0 Å². The van der Waals surface area contributed by atoms with Gasteiger partial charge in [-0.3, -0.25) is 9.78 Å². The molecule has 0 unspecified atom stereocenters. The zero-order valence-corrected chi connectivity index (χ0v) is 12.3. The number of benzene rings is 1. The second kappa shape index (κ2) is 6.24. The molecule has 0 bridgehead atoms. The van der Waals surface area contributed by atoms with E-state index in [0.717, 1.165) is 4.68 Å². The monoisotopic (exact) mass is 325 g/mol. The van der Waals surface area contributed by atoms with E-state index in [4.69, 9.17) is 11.5 Å². The molecular formula is C15H12FN7O. The zero-order valence-electron chi connectivity index (χ0n) is 12.3. The van der Waals surface area contributed by atoms with Crippen molar-refractivity contribution in [2.75, 3.05) is 11.5 Å². The van der Waals surface area contributed by atoms with Crippen molar-refractivity contribution in [3.8, 4) is 0 Å². The average Bonchev–Trinajstić information content (AvgIpc) is 2.89. The fraction of sp³-hybridized carbons (Fsp3) is 0. The summed E-state index contributed by atoms with van der Waals surface area (Å²) in [6.45, 7) is 0. The summed E-state index contributed by atoms with van der Waals surface area (Å²) in [5.41, 5.74) is 12.0. The van der Waals surface area contributed by atoms with Crippen LogP contribution in [0.15, 0.2) is 59.0 Å². The third-order valence-corrected chi connectivity index (χ3v) is 3.15. The summed E-state index contributed by atoms with van der Waals surface area (Å²) in [6, 6.07) is 8.86. The zero-order chi connectivity index (χ0) is 17.1. The molecular weight excluding hydrogens is 313 g/mol. The van der Waals surface area contributed by atoms with E-state index >= 15 is 0 Å². The fourth-order valence-corrected chi connectivity index (χ4v) is 1.95. The van der Waals surface area contributed by atoms with Gasteiger partial charge in [-0.05, 0) is 24.3 Å². The van der Waals surface area contributed by atoms with Crippen LogP contribution in [0.2, 0.25) is 0 Å². The Morgan fingerprint density at radius 1 is 1.08 bits per heavy atom. The third kappa shape index (κ3) is 2.82. The minimum atomic E-state index is -0.543. The molecule has 9 heteroatoms. The van der Waals surface area contributed by atoms with E-state index in [0.29, 0.717) is 5.56 Å². The molecule has 0 radical (unpaired) electrons. The first-order valence-electron chi connectivity index (χ1n) is 6.83. The van der Waals surface area contributed by atoms with Crippen molar-refractivity contribution in [2.45, 2.75) is 0 Å². The van der Waals surface area contributed by atoms with Crippen LogP contribution in [0, 0.1) is 5.82 Å². The van der Waals surface area contributed by atoms with Crippen molar-refractivity contribution in [3.63, 3.8) is 0 Å². The molecule has 120 valence electrons. The van der Waals surface area contributed by atoms with Crippen LogP contribution >= 0.6 is 0 Å². The summed E-state index contributed by atoms with van der Waals surface area (Å²) in [5.74, 6) is -1.21. The van der Waals surface area contributed by atoms with E-state index < -0.39 is 11.7 Å². The number of carbonyl (C=O) groups excluding carboxylic acids is 1. The number of rotatable bonds is 3. The van der Waals surface area contributed by atoms with Gasteiger partial charge in [0.1, 0.15) is 5.69 Å². The van der Waals surface area contributed by atoms with E-state index in [1.807, 2.05) is 0 Å². The Bertz CT molecular complexity index is 921. The Morgan fingerprint density at radius 2 is 1.79 bits per heavy atom. The third-order valence-electron chi connectivity index (χ3n) is 3.15. The van der Waals surface area contributed by atoms with Crippen molar-refractivity contribution in [3.05, 3.63) is 60.2 Å². The first-order valence-corrected chi connectivity index (χ1v) is 6.83. The van der Waals surface area contributed by atoms with E-state index in [2.05, 4.69) is 20.3 Å². The van der Waals surface area contributed by atoms with E-state index in [1.54, 1.807) is 6.07 Å². The molecule has 0 aliphatic carbocycles. The number of nitrogen functional groups attached to an aromatic ring is 2. The summed E-state index contributed by atoms with van der Waals surface area (Å²) >= 11 is 0. The second-order valence-electron chi connectivity index (χ2n) is 4.72. The Morgan fingerprint density at radius 3 is 2.50 bits per heavy atom. The number of aromatic nitrogens is 3. The van der Waals surface area contributed by atoms with Crippen molar-refractivity contribution in [2.24, 2.45) is 10.2 Å². The molecule has 2 heterocycles. The summed E-state index contributed by atoms with van der Waals surface area (Å²) in [7, 11) is 0. The fourth-order valence-electron chi connectivity index (χ4n) is 1.95. The van der Waals surface area contributed by atoms with Gasteiger partial charge in [0.15, 0.2) is 23.1 Å². The molecule has 0 aliphatic rings. The molecule has 0 atom stereocenters. The number of halogens is 1. The molecule has 3 aromatic rings. The molecule has 4 N–H and O–H groups in total. The Kier molecular flexibility index (Phi) is 3.98. The van der Waals surface area contributed by atoms with Crippen LogP contribution in [0.5, 0.6) is 0 Å². The number of nitrogens with two attached hydrogens (primary N) is 2. The lowest BCUT2D eigenvalue weighted by atomic mass is 10.2. The molecule has 0 saturated carbocycles. The maximum absolute atomic E-state index is 13.6. The van der Waals surface area contributed by atoms with Crippen LogP contribution in [0.3, 0.4) is 0 Å². The van der Waals surface area contributed by atoms with Crippen molar-refractivity contribution >= 4 is 28.9 Å². The van der Waals surface area contributed by atoms with Gasteiger partial charge in [0.25, 0.3) is 5.91 Å². The van der Waals surface area contributed by atoms with Gasteiger partial charge in [-0.1, -0.05) is 12.1 Å². The highest BCUT2D eigenvalue weighted by molar-refractivity contribution is 5.98. The van der Waals surface area contributed by atoms with E-state index in [-0.39, 0.29) is 23.0 Å². The number of pyridine rings is 1. The second-order valence-corrected chi connectivity index (χ2v) is 4.72. The smallest absolute Gasteiger partial charge is 0.280 e. The Hall–Kier alpha value is -3.62. The number of hydrogen-bond acceptors (Lipinski definition) is 7. The molecule has 24 heavy (non-hydrogen) atoms.